The zero-order valence-electron chi connectivity index (χ0n) is 13.5. The van der Waals surface area contributed by atoms with Crippen molar-refractivity contribution in [2.45, 2.75) is 32.7 Å². The number of ether oxygens (including phenoxy) is 3. The first-order valence-corrected chi connectivity index (χ1v) is 7.73. The summed E-state index contributed by atoms with van der Waals surface area (Å²) in [6.45, 7) is 4.56. The van der Waals surface area contributed by atoms with Crippen LogP contribution >= 0.6 is 0 Å². The van der Waals surface area contributed by atoms with Gasteiger partial charge in [-0.05, 0) is 5.56 Å². The van der Waals surface area contributed by atoms with Crippen molar-refractivity contribution < 1.29 is 23.8 Å². The second kappa shape index (κ2) is 8.64. The van der Waals surface area contributed by atoms with E-state index >= 15 is 0 Å². The number of rotatable bonds is 6. The Labute approximate surface area is 136 Å². The summed E-state index contributed by atoms with van der Waals surface area (Å²) in [6, 6.07) is 9.80. The van der Waals surface area contributed by atoms with Crippen LogP contribution in [0, 0.1) is 5.92 Å². The van der Waals surface area contributed by atoms with Gasteiger partial charge in [-0.2, -0.15) is 0 Å². The van der Waals surface area contributed by atoms with Crippen LogP contribution in [-0.4, -0.2) is 43.8 Å². The molecule has 1 N–H and O–H groups in total. The molecule has 0 amide bonds. The molecular weight excluding hydrogens is 298 g/mol. The van der Waals surface area contributed by atoms with Gasteiger partial charge in [0.1, 0.15) is 12.2 Å². The Balaban J connectivity index is 1.99. The normalized spacial score (nSPS) is 24.0. The maximum absolute atomic E-state index is 11.4. The fourth-order valence-electron chi connectivity index (χ4n) is 2.62. The molecule has 2 rings (SSSR count). The van der Waals surface area contributed by atoms with Gasteiger partial charge in [-0.25, -0.2) is 0 Å². The van der Waals surface area contributed by atoms with Crippen LogP contribution in [0.3, 0.4) is 0 Å². The standard InChI is InChI=1S/C17H23NO5/c1-12(19)21-11-15-8-18-9-16(17(15)23-13(2)20)22-10-14-6-4-3-5-7-14/h3-7,15-18H,8-11H2,1-2H3. The summed E-state index contributed by atoms with van der Waals surface area (Å²) in [5, 5.41) is 3.24. The van der Waals surface area contributed by atoms with Crippen molar-refractivity contribution in [3.05, 3.63) is 35.9 Å². The van der Waals surface area contributed by atoms with E-state index in [0.29, 0.717) is 19.7 Å². The van der Waals surface area contributed by atoms with Crippen LogP contribution in [0.15, 0.2) is 30.3 Å². The summed E-state index contributed by atoms with van der Waals surface area (Å²) in [5.41, 5.74) is 1.05. The highest BCUT2D eigenvalue weighted by atomic mass is 16.6. The molecule has 1 aromatic carbocycles. The summed E-state index contributed by atoms with van der Waals surface area (Å²) in [6.07, 6.45) is -0.717. The zero-order valence-corrected chi connectivity index (χ0v) is 13.5. The number of hydrogen-bond donors (Lipinski definition) is 1. The third kappa shape index (κ3) is 5.65. The first-order chi connectivity index (χ1) is 11.1. The number of esters is 2. The van der Waals surface area contributed by atoms with Gasteiger partial charge < -0.3 is 19.5 Å². The average Bonchev–Trinajstić information content (AvgIpc) is 2.53. The lowest BCUT2D eigenvalue weighted by Crippen LogP contribution is -2.54. The van der Waals surface area contributed by atoms with Crippen LogP contribution in [0.2, 0.25) is 0 Å². The molecule has 1 heterocycles. The van der Waals surface area contributed by atoms with Gasteiger partial charge in [0.25, 0.3) is 0 Å². The van der Waals surface area contributed by atoms with E-state index in [0.717, 1.165) is 5.56 Å². The summed E-state index contributed by atoms with van der Waals surface area (Å²) < 4.78 is 16.5. The van der Waals surface area contributed by atoms with E-state index in [9.17, 15) is 9.59 Å². The van der Waals surface area contributed by atoms with Crippen molar-refractivity contribution in [2.75, 3.05) is 19.7 Å². The molecule has 1 fully saturated rings. The third-order valence-corrected chi connectivity index (χ3v) is 3.69. The molecule has 3 unspecified atom stereocenters. The highest BCUT2D eigenvalue weighted by Gasteiger charge is 2.37. The minimum atomic E-state index is -0.434. The molecule has 3 atom stereocenters. The van der Waals surface area contributed by atoms with Gasteiger partial charge in [0.05, 0.1) is 13.2 Å². The fraction of sp³-hybridized carbons (Fsp3) is 0.529. The highest BCUT2D eigenvalue weighted by molar-refractivity contribution is 5.66. The quantitative estimate of drug-likeness (QED) is 0.796. The fourth-order valence-corrected chi connectivity index (χ4v) is 2.62. The van der Waals surface area contributed by atoms with E-state index in [1.807, 2.05) is 30.3 Å². The second-order valence-corrected chi connectivity index (χ2v) is 5.63. The average molecular weight is 321 g/mol. The van der Waals surface area contributed by atoms with E-state index < -0.39 is 6.10 Å². The summed E-state index contributed by atoms with van der Waals surface area (Å²) in [4.78, 5) is 22.4. The monoisotopic (exact) mass is 321 g/mol. The maximum Gasteiger partial charge on any atom is 0.303 e. The Morgan fingerprint density at radius 1 is 1.13 bits per heavy atom. The minimum absolute atomic E-state index is 0.127. The summed E-state index contributed by atoms with van der Waals surface area (Å²) in [7, 11) is 0. The van der Waals surface area contributed by atoms with Gasteiger partial charge >= 0.3 is 11.9 Å². The lowest BCUT2D eigenvalue weighted by atomic mass is 9.94. The van der Waals surface area contributed by atoms with Crippen LogP contribution in [0.1, 0.15) is 19.4 Å². The molecule has 23 heavy (non-hydrogen) atoms. The van der Waals surface area contributed by atoms with E-state index in [4.69, 9.17) is 14.2 Å². The van der Waals surface area contributed by atoms with E-state index in [2.05, 4.69) is 5.32 Å². The van der Waals surface area contributed by atoms with E-state index in [-0.39, 0.29) is 30.6 Å². The number of carbonyl (C=O) groups is 2. The smallest absolute Gasteiger partial charge is 0.303 e. The number of piperidine rings is 1. The molecule has 0 spiro atoms. The Hall–Kier alpha value is -1.92. The topological polar surface area (TPSA) is 73.9 Å². The van der Waals surface area contributed by atoms with Crippen molar-refractivity contribution in [2.24, 2.45) is 5.92 Å². The maximum atomic E-state index is 11.4. The molecule has 1 saturated heterocycles. The van der Waals surface area contributed by atoms with Crippen LogP contribution in [-0.2, 0) is 30.4 Å². The predicted octanol–water partition coefficient (Wildman–Crippen LogP) is 1.29. The number of nitrogens with one attached hydrogen (secondary N) is 1. The van der Waals surface area contributed by atoms with Gasteiger partial charge in [0.15, 0.2) is 0 Å². The molecule has 0 saturated carbocycles. The lowest BCUT2D eigenvalue weighted by molar-refractivity contribution is -0.169. The molecule has 1 aromatic rings. The Kier molecular flexibility index (Phi) is 6.55. The van der Waals surface area contributed by atoms with Crippen molar-refractivity contribution in [3.8, 4) is 0 Å². The number of hydrogen-bond acceptors (Lipinski definition) is 6. The summed E-state index contributed by atoms with van der Waals surface area (Å²) in [5.74, 6) is -0.839. The minimum Gasteiger partial charge on any atom is -0.465 e. The Morgan fingerprint density at radius 3 is 2.52 bits per heavy atom. The largest absolute Gasteiger partial charge is 0.465 e. The van der Waals surface area contributed by atoms with Crippen molar-refractivity contribution >= 4 is 11.9 Å². The van der Waals surface area contributed by atoms with Gasteiger partial charge in [-0.3, -0.25) is 9.59 Å². The molecule has 1 aliphatic rings. The first-order valence-electron chi connectivity index (χ1n) is 7.73. The van der Waals surface area contributed by atoms with Gasteiger partial charge in [-0.1, -0.05) is 30.3 Å². The molecule has 6 nitrogen and oxygen atoms in total. The van der Waals surface area contributed by atoms with Gasteiger partial charge in [-0.15, -0.1) is 0 Å². The van der Waals surface area contributed by atoms with Gasteiger partial charge in [0.2, 0.25) is 0 Å². The molecular formula is C17H23NO5. The zero-order chi connectivity index (χ0) is 16.7. The van der Waals surface area contributed by atoms with E-state index in [1.165, 1.54) is 13.8 Å². The highest BCUT2D eigenvalue weighted by Crippen LogP contribution is 2.20. The molecule has 126 valence electrons. The van der Waals surface area contributed by atoms with Crippen molar-refractivity contribution in [1.82, 2.24) is 5.32 Å². The van der Waals surface area contributed by atoms with Crippen LogP contribution in [0.4, 0.5) is 0 Å². The molecule has 0 radical (unpaired) electrons. The SMILES string of the molecule is CC(=O)OCC1CNCC(OCc2ccccc2)C1OC(C)=O. The molecule has 0 aliphatic carbocycles. The second-order valence-electron chi connectivity index (χ2n) is 5.63. The van der Waals surface area contributed by atoms with Crippen molar-refractivity contribution in [3.63, 3.8) is 0 Å². The summed E-state index contributed by atoms with van der Waals surface area (Å²) >= 11 is 0. The molecule has 6 heteroatoms. The Bertz CT molecular complexity index is 519. The predicted molar refractivity (Wildman–Crippen MR) is 83.6 cm³/mol. The molecule has 0 aromatic heterocycles. The van der Waals surface area contributed by atoms with Crippen LogP contribution in [0.5, 0.6) is 0 Å². The van der Waals surface area contributed by atoms with Crippen molar-refractivity contribution in [1.29, 1.82) is 0 Å². The Morgan fingerprint density at radius 2 is 1.87 bits per heavy atom. The van der Waals surface area contributed by atoms with Crippen LogP contribution in [0.25, 0.3) is 0 Å². The number of carbonyl (C=O) groups excluding carboxylic acids is 2. The lowest BCUT2D eigenvalue weighted by Gasteiger charge is -2.37. The number of benzene rings is 1. The van der Waals surface area contributed by atoms with Crippen LogP contribution < -0.4 is 5.32 Å². The van der Waals surface area contributed by atoms with Gasteiger partial charge in [0, 0.05) is 32.9 Å². The first kappa shape index (κ1) is 17.4. The third-order valence-electron chi connectivity index (χ3n) is 3.69. The molecule has 1 aliphatic heterocycles. The van der Waals surface area contributed by atoms with E-state index in [1.54, 1.807) is 0 Å². The molecule has 0 bridgehead atoms.